The second-order valence-corrected chi connectivity index (χ2v) is 9.87. The number of aliphatic hydroxyl groups is 4. The summed E-state index contributed by atoms with van der Waals surface area (Å²) in [5.41, 5.74) is 0. The lowest BCUT2D eigenvalue weighted by Gasteiger charge is -2.39. The van der Waals surface area contributed by atoms with Gasteiger partial charge >= 0.3 is 11.9 Å². The molecule has 0 spiro atoms. The average Bonchev–Trinajstić information content (AvgIpc) is 2.91. The standard InChI is InChI=1S/C28H50O10/c1-3-5-7-9-10-11-13-14-16-23(30)35-19-21(37-24(31)17-15-12-8-6-4-2)20-36-28-27(34)26(33)25(32)22(18-29)38-28/h3,5,21-22,25-29,32-34H,4,6-20H2,1-2H3/b5-3+/t21-,22-,25+,26+,27-,28-/m1/s1. The van der Waals surface area contributed by atoms with Gasteiger partial charge in [0.2, 0.25) is 0 Å². The van der Waals surface area contributed by atoms with Crippen LogP contribution in [0, 0.1) is 0 Å². The van der Waals surface area contributed by atoms with E-state index in [4.69, 9.17) is 18.9 Å². The molecule has 10 heteroatoms. The molecule has 1 rings (SSSR count). The minimum Gasteiger partial charge on any atom is -0.462 e. The van der Waals surface area contributed by atoms with Crippen LogP contribution < -0.4 is 0 Å². The maximum Gasteiger partial charge on any atom is 0.306 e. The second kappa shape index (κ2) is 21.3. The predicted molar refractivity (Wildman–Crippen MR) is 141 cm³/mol. The highest BCUT2D eigenvalue weighted by Crippen LogP contribution is 2.22. The van der Waals surface area contributed by atoms with Gasteiger partial charge in [-0.3, -0.25) is 9.59 Å². The molecule has 1 saturated heterocycles. The number of hydrogen-bond donors (Lipinski definition) is 4. The molecule has 4 N–H and O–H groups in total. The van der Waals surface area contributed by atoms with Crippen molar-refractivity contribution in [1.29, 1.82) is 0 Å². The van der Waals surface area contributed by atoms with E-state index in [1.807, 2.05) is 13.0 Å². The summed E-state index contributed by atoms with van der Waals surface area (Å²) >= 11 is 0. The van der Waals surface area contributed by atoms with Crippen molar-refractivity contribution < 1.29 is 49.0 Å². The van der Waals surface area contributed by atoms with Crippen molar-refractivity contribution in [3.05, 3.63) is 12.2 Å². The summed E-state index contributed by atoms with van der Waals surface area (Å²) in [5, 5.41) is 39.4. The minimum atomic E-state index is -1.59. The van der Waals surface area contributed by atoms with Crippen LogP contribution in [0.4, 0.5) is 0 Å². The molecule has 0 radical (unpaired) electrons. The molecule has 1 aliphatic rings. The quantitative estimate of drug-likeness (QED) is 0.0960. The summed E-state index contributed by atoms with van der Waals surface area (Å²) in [6, 6.07) is 0. The van der Waals surface area contributed by atoms with Crippen molar-refractivity contribution in [2.45, 2.75) is 134 Å². The molecule has 0 amide bonds. The van der Waals surface area contributed by atoms with Gasteiger partial charge in [0.25, 0.3) is 0 Å². The van der Waals surface area contributed by atoms with Gasteiger partial charge in [-0.15, -0.1) is 0 Å². The Kier molecular flexibility index (Phi) is 19.3. The van der Waals surface area contributed by atoms with Gasteiger partial charge in [-0.05, 0) is 32.6 Å². The molecular weight excluding hydrogens is 496 g/mol. The van der Waals surface area contributed by atoms with Crippen LogP contribution in [0.5, 0.6) is 0 Å². The number of ether oxygens (including phenoxy) is 4. The molecule has 10 nitrogen and oxygen atoms in total. The summed E-state index contributed by atoms with van der Waals surface area (Å²) in [4.78, 5) is 24.6. The normalized spacial score (nSPS) is 24.4. The average molecular weight is 547 g/mol. The Morgan fingerprint density at radius 1 is 0.842 bits per heavy atom. The summed E-state index contributed by atoms with van der Waals surface area (Å²) in [5.74, 6) is -0.842. The fraction of sp³-hybridized carbons (Fsp3) is 0.857. The molecule has 0 bridgehead atoms. The molecular formula is C28H50O10. The van der Waals surface area contributed by atoms with Crippen molar-refractivity contribution in [1.82, 2.24) is 0 Å². The first-order valence-electron chi connectivity index (χ1n) is 14.2. The largest absolute Gasteiger partial charge is 0.462 e. The number of carbonyl (C=O) groups excluding carboxylic acids is 2. The van der Waals surface area contributed by atoms with Gasteiger partial charge in [-0.1, -0.05) is 64.0 Å². The van der Waals surface area contributed by atoms with Crippen LogP contribution in [-0.4, -0.2) is 89.0 Å². The van der Waals surface area contributed by atoms with Crippen LogP contribution in [0.15, 0.2) is 12.2 Å². The summed E-state index contributed by atoms with van der Waals surface area (Å²) < 4.78 is 21.7. The molecule has 0 unspecified atom stereocenters. The number of aliphatic hydroxyl groups excluding tert-OH is 4. The predicted octanol–water partition coefficient (Wildman–Crippen LogP) is 2.93. The van der Waals surface area contributed by atoms with E-state index in [2.05, 4.69) is 13.0 Å². The molecule has 1 heterocycles. The molecule has 222 valence electrons. The first kappa shape index (κ1) is 34.5. The molecule has 1 fully saturated rings. The van der Waals surface area contributed by atoms with Crippen LogP contribution in [0.2, 0.25) is 0 Å². The van der Waals surface area contributed by atoms with Crippen molar-refractivity contribution in [2.75, 3.05) is 19.8 Å². The summed E-state index contributed by atoms with van der Waals surface area (Å²) in [7, 11) is 0. The molecule has 0 saturated carbocycles. The monoisotopic (exact) mass is 546 g/mol. The Morgan fingerprint density at radius 3 is 2.13 bits per heavy atom. The lowest BCUT2D eigenvalue weighted by molar-refractivity contribution is -0.305. The highest BCUT2D eigenvalue weighted by atomic mass is 16.7. The van der Waals surface area contributed by atoms with E-state index in [1.54, 1.807) is 0 Å². The number of rotatable bonds is 21. The van der Waals surface area contributed by atoms with Gasteiger partial charge < -0.3 is 39.4 Å². The number of unbranched alkanes of at least 4 members (excludes halogenated alkanes) is 9. The lowest BCUT2D eigenvalue weighted by Crippen LogP contribution is -2.59. The molecule has 0 aromatic heterocycles. The second-order valence-electron chi connectivity index (χ2n) is 9.87. The first-order valence-corrected chi connectivity index (χ1v) is 14.2. The number of esters is 2. The zero-order chi connectivity index (χ0) is 28.2. The van der Waals surface area contributed by atoms with Gasteiger partial charge in [0.15, 0.2) is 12.4 Å². The third-order valence-electron chi connectivity index (χ3n) is 6.50. The molecule has 6 atom stereocenters. The molecule has 0 aromatic rings. The van der Waals surface area contributed by atoms with Crippen molar-refractivity contribution in [3.63, 3.8) is 0 Å². The molecule has 0 aromatic carbocycles. The Labute approximate surface area is 227 Å². The van der Waals surface area contributed by atoms with Gasteiger partial charge in [-0.2, -0.15) is 0 Å². The van der Waals surface area contributed by atoms with E-state index in [0.29, 0.717) is 12.8 Å². The SMILES string of the molecule is C/C=C/CCCCCCCC(=O)OC[C@H](CO[C@@H]1O[C@H](CO)[C@H](O)[C@H](O)[C@H]1O)OC(=O)CCCCCCC. The lowest BCUT2D eigenvalue weighted by atomic mass is 9.99. The van der Waals surface area contributed by atoms with E-state index in [1.165, 1.54) is 0 Å². The van der Waals surface area contributed by atoms with Crippen molar-refractivity contribution in [2.24, 2.45) is 0 Å². The van der Waals surface area contributed by atoms with Crippen LogP contribution in [-0.2, 0) is 28.5 Å². The van der Waals surface area contributed by atoms with E-state index in [0.717, 1.165) is 57.8 Å². The van der Waals surface area contributed by atoms with Crippen LogP contribution in [0.3, 0.4) is 0 Å². The zero-order valence-electron chi connectivity index (χ0n) is 23.2. The topological polar surface area (TPSA) is 152 Å². The minimum absolute atomic E-state index is 0.221. The number of hydrogen-bond acceptors (Lipinski definition) is 10. The fourth-order valence-corrected chi connectivity index (χ4v) is 4.13. The van der Waals surface area contributed by atoms with Crippen LogP contribution in [0.25, 0.3) is 0 Å². The van der Waals surface area contributed by atoms with Gasteiger partial charge in [0.05, 0.1) is 13.2 Å². The third kappa shape index (κ3) is 14.6. The summed E-state index contributed by atoms with van der Waals surface area (Å²) in [6.45, 7) is 3.04. The highest BCUT2D eigenvalue weighted by molar-refractivity contribution is 5.70. The maximum absolute atomic E-state index is 12.4. The van der Waals surface area contributed by atoms with E-state index in [-0.39, 0.29) is 26.1 Å². The first-order chi connectivity index (χ1) is 18.3. The van der Waals surface area contributed by atoms with Crippen molar-refractivity contribution >= 4 is 11.9 Å². The number of allylic oxidation sites excluding steroid dienone is 2. The highest BCUT2D eigenvalue weighted by Gasteiger charge is 2.44. The van der Waals surface area contributed by atoms with Gasteiger partial charge in [0.1, 0.15) is 31.0 Å². The zero-order valence-corrected chi connectivity index (χ0v) is 23.2. The Hall–Kier alpha value is -1.56. The van der Waals surface area contributed by atoms with Gasteiger partial charge in [0, 0.05) is 12.8 Å². The number of carbonyl (C=O) groups is 2. The van der Waals surface area contributed by atoms with E-state index < -0.39 is 55.4 Å². The van der Waals surface area contributed by atoms with E-state index in [9.17, 15) is 30.0 Å². The molecule has 1 aliphatic heterocycles. The molecule has 0 aliphatic carbocycles. The van der Waals surface area contributed by atoms with E-state index >= 15 is 0 Å². The Balaban J connectivity index is 2.52. The van der Waals surface area contributed by atoms with Crippen LogP contribution >= 0.6 is 0 Å². The molecule has 38 heavy (non-hydrogen) atoms. The van der Waals surface area contributed by atoms with Crippen LogP contribution in [0.1, 0.15) is 97.3 Å². The fourth-order valence-electron chi connectivity index (χ4n) is 4.13. The smallest absolute Gasteiger partial charge is 0.306 e. The Morgan fingerprint density at radius 2 is 1.47 bits per heavy atom. The maximum atomic E-state index is 12.4. The Bertz CT molecular complexity index is 654. The summed E-state index contributed by atoms with van der Waals surface area (Å²) in [6.07, 6.45) is 7.44. The van der Waals surface area contributed by atoms with Gasteiger partial charge in [-0.25, -0.2) is 0 Å². The van der Waals surface area contributed by atoms with Crippen molar-refractivity contribution in [3.8, 4) is 0 Å². The third-order valence-corrected chi connectivity index (χ3v) is 6.50.